The highest BCUT2D eigenvalue weighted by Gasteiger charge is 2.31. The minimum Gasteiger partial charge on any atom is -0.460 e. The number of nitrogens with one attached hydrogen (secondary N) is 2. The summed E-state index contributed by atoms with van der Waals surface area (Å²) in [4.78, 5) is 14.2. The van der Waals surface area contributed by atoms with E-state index in [4.69, 9.17) is 29.2 Å². The molecule has 1 heterocycles. The molecule has 2 N–H and O–H groups in total. The minimum absolute atomic E-state index is 0.0398. The van der Waals surface area contributed by atoms with E-state index in [1.165, 1.54) is 4.90 Å². The van der Waals surface area contributed by atoms with Crippen molar-refractivity contribution >= 4 is 52.0 Å². The van der Waals surface area contributed by atoms with Gasteiger partial charge in [0.15, 0.2) is 0 Å². The molecule has 0 atom stereocenters. The Balaban J connectivity index is 2.40. The summed E-state index contributed by atoms with van der Waals surface area (Å²) in [5.41, 5.74) is 8.55. The first kappa shape index (κ1) is 19.8. The van der Waals surface area contributed by atoms with Gasteiger partial charge in [0.25, 0.3) is 0 Å². The number of esters is 1. The van der Waals surface area contributed by atoms with Crippen molar-refractivity contribution in [3.63, 3.8) is 0 Å². The summed E-state index contributed by atoms with van der Waals surface area (Å²) in [5.74, 6) is -0.666. The molecule has 0 saturated heterocycles. The number of hydrogen-bond acceptors (Lipinski definition) is 7. The highest BCUT2D eigenvalue weighted by molar-refractivity contribution is 7.82. The van der Waals surface area contributed by atoms with Crippen LogP contribution in [-0.4, -0.2) is 45.5 Å². The Morgan fingerprint density at radius 1 is 1.27 bits per heavy atom. The molecular formula is C17H21N5O2S2. The second kappa shape index (κ2) is 8.72. The monoisotopic (exact) mass is 391 g/mol. The van der Waals surface area contributed by atoms with Crippen molar-refractivity contribution in [1.82, 2.24) is 15.3 Å². The molecule has 0 unspecified atom stereocenters. The molecule has 0 radical (unpaired) electrons. The third-order valence-corrected chi connectivity index (χ3v) is 4.15. The van der Waals surface area contributed by atoms with Crippen LogP contribution < -0.4 is 10.9 Å². The molecular weight excluding hydrogens is 370 g/mol. The Kier molecular flexibility index (Phi) is 6.64. The van der Waals surface area contributed by atoms with Gasteiger partial charge in [-0.1, -0.05) is 29.9 Å². The van der Waals surface area contributed by atoms with Crippen LogP contribution in [0.1, 0.15) is 19.4 Å². The molecule has 0 aromatic heterocycles. The van der Waals surface area contributed by atoms with Crippen LogP contribution in [0.3, 0.4) is 0 Å². The Bertz CT molecular complexity index is 774. The highest BCUT2D eigenvalue weighted by atomic mass is 32.1. The van der Waals surface area contributed by atoms with Gasteiger partial charge in [0.2, 0.25) is 10.9 Å². The molecule has 7 nitrogen and oxygen atoms in total. The van der Waals surface area contributed by atoms with Gasteiger partial charge in [-0.15, -0.1) is 5.10 Å². The van der Waals surface area contributed by atoms with Crippen LogP contribution in [0.2, 0.25) is 0 Å². The van der Waals surface area contributed by atoms with E-state index in [9.17, 15) is 4.79 Å². The predicted molar refractivity (Wildman–Crippen MR) is 111 cm³/mol. The number of nitrogens with zero attached hydrogens (tertiary/aromatic N) is 3. The van der Waals surface area contributed by atoms with E-state index < -0.39 is 5.97 Å². The summed E-state index contributed by atoms with van der Waals surface area (Å²) in [6.45, 7) is 5.77. The van der Waals surface area contributed by atoms with E-state index in [0.29, 0.717) is 4.99 Å². The number of amidine groups is 1. The number of aryl methyl sites for hydroxylation is 1. The largest absolute Gasteiger partial charge is 0.460 e. The van der Waals surface area contributed by atoms with Gasteiger partial charge in [0.05, 0.1) is 12.3 Å². The molecule has 0 spiro atoms. The molecule has 0 fully saturated rings. The molecule has 1 aliphatic rings. The van der Waals surface area contributed by atoms with Crippen LogP contribution in [0.25, 0.3) is 0 Å². The summed E-state index contributed by atoms with van der Waals surface area (Å²) in [7, 11) is 1.73. The number of hydrogen-bond donors (Lipinski definition) is 2. The number of ether oxygens (including phenoxy) is 1. The van der Waals surface area contributed by atoms with E-state index in [0.717, 1.165) is 16.9 Å². The first-order valence-corrected chi connectivity index (χ1v) is 8.79. The van der Waals surface area contributed by atoms with Gasteiger partial charge in [-0.25, -0.2) is 4.79 Å². The average Bonchev–Trinajstić information content (AvgIpc) is 2.67. The molecule has 0 bridgehead atoms. The Labute approximate surface area is 163 Å². The maximum atomic E-state index is 12.5. The number of benzene rings is 1. The number of carbonyl (C=O) groups is 1. The van der Waals surface area contributed by atoms with Gasteiger partial charge in [-0.3, -0.25) is 15.3 Å². The van der Waals surface area contributed by atoms with E-state index in [1.54, 1.807) is 25.1 Å². The van der Waals surface area contributed by atoms with Gasteiger partial charge in [-0.05, 0) is 51.2 Å². The molecule has 2 rings (SSSR count). The van der Waals surface area contributed by atoms with E-state index >= 15 is 0 Å². The summed E-state index contributed by atoms with van der Waals surface area (Å²) < 4.78 is 5.13. The van der Waals surface area contributed by atoms with Crippen LogP contribution in [0, 0.1) is 6.92 Å². The van der Waals surface area contributed by atoms with E-state index in [2.05, 4.69) is 16.0 Å². The lowest BCUT2D eigenvalue weighted by Crippen LogP contribution is -2.51. The lowest BCUT2D eigenvalue weighted by Gasteiger charge is -2.28. The average molecular weight is 392 g/mol. The van der Waals surface area contributed by atoms with Crippen LogP contribution in [-0.2, 0) is 9.53 Å². The number of rotatable bonds is 3. The van der Waals surface area contributed by atoms with Gasteiger partial charge in [0.1, 0.15) is 4.99 Å². The smallest absolute Gasteiger partial charge is 0.376 e. The van der Waals surface area contributed by atoms with E-state index in [1.807, 2.05) is 38.1 Å². The zero-order valence-corrected chi connectivity index (χ0v) is 16.7. The second-order valence-electron chi connectivity index (χ2n) is 5.59. The number of thiocarbonyl (C=S) groups is 2. The number of carbonyl (C=O) groups excluding carboxylic acids is 1. The summed E-state index contributed by atoms with van der Waals surface area (Å²) in [6.07, 6.45) is 1.70. The molecule has 0 amide bonds. The highest BCUT2D eigenvalue weighted by Crippen LogP contribution is 2.12. The van der Waals surface area contributed by atoms with Crippen LogP contribution in [0.4, 0.5) is 5.69 Å². The van der Waals surface area contributed by atoms with Crippen molar-refractivity contribution in [2.75, 3.05) is 19.1 Å². The Hall–Kier alpha value is -2.52. The quantitative estimate of drug-likeness (QED) is 0.268. The van der Waals surface area contributed by atoms with Crippen LogP contribution in [0.5, 0.6) is 0 Å². The van der Waals surface area contributed by atoms with Crippen molar-refractivity contribution in [2.45, 2.75) is 20.8 Å². The Morgan fingerprint density at radius 2 is 1.92 bits per heavy atom. The fourth-order valence-electron chi connectivity index (χ4n) is 2.16. The third kappa shape index (κ3) is 4.77. The number of hydrazone groups is 1. The topological polar surface area (TPSA) is 69.2 Å². The van der Waals surface area contributed by atoms with Crippen molar-refractivity contribution in [3.05, 3.63) is 41.6 Å². The third-order valence-electron chi connectivity index (χ3n) is 3.39. The summed E-state index contributed by atoms with van der Waals surface area (Å²) >= 11 is 10.9. The zero-order chi connectivity index (χ0) is 19.3. The van der Waals surface area contributed by atoms with Crippen LogP contribution >= 0.6 is 24.4 Å². The lowest BCUT2D eigenvalue weighted by atomic mass is 10.2. The number of allylic oxidation sites excluding steroid dienone is 1. The number of hydrazine groups is 1. The van der Waals surface area contributed by atoms with Gasteiger partial charge in [0, 0.05) is 12.7 Å². The van der Waals surface area contributed by atoms with Gasteiger partial charge < -0.3 is 10.2 Å². The second-order valence-corrected chi connectivity index (χ2v) is 6.37. The SMILES string of the molecule is CCOC(=O)C(=NNc1ccc(C)cc1)N1C(=S)C=C(C)NN(C)C1=S. The van der Waals surface area contributed by atoms with Crippen molar-refractivity contribution in [1.29, 1.82) is 0 Å². The standard InChI is InChI=1S/C17H21N5O2S2/c1-5-24-16(23)15(19-18-13-8-6-11(2)7-9-13)22-14(25)10-12(3)20-21(4)17(22)26/h6-10,18,20H,5H2,1-4H3. The molecule has 26 heavy (non-hydrogen) atoms. The fraction of sp³-hybridized carbons (Fsp3) is 0.294. The maximum absolute atomic E-state index is 12.5. The molecule has 9 heteroatoms. The molecule has 138 valence electrons. The molecule has 1 aromatic carbocycles. The molecule has 1 aromatic rings. The van der Waals surface area contributed by atoms with Crippen molar-refractivity contribution in [2.24, 2.45) is 5.10 Å². The van der Waals surface area contributed by atoms with Crippen molar-refractivity contribution in [3.8, 4) is 0 Å². The first-order chi connectivity index (χ1) is 12.3. The van der Waals surface area contributed by atoms with Gasteiger partial charge in [-0.2, -0.15) is 0 Å². The van der Waals surface area contributed by atoms with Crippen molar-refractivity contribution < 1.29 is 9.53 Å². The summed E-state index contributed by atoms with van der Waals surface area (Å²) in [5, 5.41) is 6.09. The summed E-state index contributed by atoms with van der Waals surface area (Å²) in [6, 6.07) is 7.59. The molecule has 0 aliphatic carbocycles. The lowest BCUT2D eigenvalue weighted by molar-refractivity contribution is -0.135. The molecule has 1 aliphatic heterocycles. The predicted octanol–water partition coefficient (Wildman–Crippen LogP) is 2.55. The number of anilines is 1. The normalized spacial score (nSPS) is 15.2. The maximum Gasteiger partial charge on any atom is 0.376 e. The first-order valence-electron chi connectivity index (χ1n) is 7.97. The zero-order valence-electron chi connectivity index (χ0n) is 15.1. The fourth-order valence-corrected chi connectivity index (χ4v) is 2.80. The van der Waals surface area contributed by atoms with E-state index in [-0.39, 0.29) is 17.6 Å². The minimum atomic E-state index is -0.627. The molecule has 0 saturated carbocycles. The van der Waals surface area contributed by atoms with Gasteiger partial charge >= 0.3 is 5.97 Å². The Morgan fingerprint density at radius 3 is 2.54 bits per heavy atom. The van der Waals surface area contributed by atoms with Crippen LogP contribution in [0.15, 0.2) is 41.1 Å².